The molecule has 30 heavy (non-hydrogen) atoms. The Morgan fingerprint density at radius 1 is 1.17 bits per heavy atom. The predicted octanol–water partition coefficient (Wildman–Crippen LogP) is 3.61. The number of anilines is 1. The fraction of sp³-hybridized carbons (Fsp3) is 0.333. The lowest BCUT2D eigenvalue weighted by Crippen LogP contribution is -2.18. The molecule has 3 aromatic rings. The van der Waals surface area contributed by atoms with Gasteiger partial charge in [0.15, 0.2) is 11.5 Å². The van der Waals surface area contributed by atoms with Crippen LogP contribution in [0.5, 0.6) is 11.5 Å². The number of nitrogens with zero attached hydrogens (tertiary/aromatic N) is 4. The molecule has 2 heterocycles. The van der Waals surface area contributed by atoms with E-state index in [0.29, 0.717) is 34.1 Å². The maximum atomic E-state index is 12.9. The van der Waals surface area contributed by atoms with Gasteiger partial charge in [-0.3, -0.25) is 4.79 Å². The highest BCUT2D eigenvalue weighted by molar-refractivity contribution is 6.34. The topological polar surface area (TPSA) is 90.6 Å². The molecule has 2 aromatic heterocycles. The van der Waals surface area contributed by atoms with Gasteiger partial charge in [0.1, 0.15) is 0 Å². The first kappa shape index (κ1) is 21.6. The van der Waals surface area contributed by atoms with E-state index in [1.165, 1.54) is 26.4 Å². The highest BCUT2D eigenvalue weighted by atomic mass is 35.5. The summed E-state index contributed by atoms with van der Waals surface area (Å²) in [4.78, 5) is 20.1. The fourth-order valence-corrected chi connectivity index (χ4v) is 3.09. The van der Waals surface area contributed by atoms with E-state index >= 15 is 0 Å². The van der Waals surface area contributed by atoms with Crippen molar-refractivity contribution in [2.45, 2.75) is 26.4 Å². The van der Waals surface area contributed by atoms with Crippen molar-refractivity contribution in [2.75, 3.05) is 19.5 Å². The molecule has 0 aliphatic heterocycles. The van der Waals surface area contributed by atoms with Crippen LogP contribution in [0.25, 0.3) is 5.78 Å². The summed E-state index contributed by atoms with van der Waals surface area (Å²) in [5.74, 6) is -1.17. The van der Waals surface area contributed by atoms with Gasteiger partial charge in [-0.25, -0.2) is 9.50 Å². The molecule has 1 N–H and O–H groups in total. The maximum absolute atomic E-state index is 12.9. The van der Waals surface area contributed by atoms with Gasteiger partial charge in [0, 0.05) is 29.1 Å². The van der Waals surface area contributed by atoms with Crippen LogP contribution in [-0.2, 0) is 17.4 Å². The van der Waals surface area contributed by atoms with Crippen molar-refractivity contribution in [2.24, 2.45) is 0 Å². The number of aryl methyl sites for hydroxylation is 2. The normalized spacial score (nSPS) is 11.6. The lowest BCUT2D eigenvalue weighted by molar-refractivity contribution is -0.144. The lowest BCUT2D eigenvalue weighted by atomic mass is 10.1. The van der Waals surface area contributed by atoms with E-state index in [0.717, 1.165) is 4.52 Å². The first-order valence-corrected chi connectivity index (χ1v) is 8.94. The number of ether oxygens (including phenoxy) is 2. The molecule has 0 atom stereocenters. The highest BCUT2D eigenvalue weighted by Gasteiger charge is 2.37. The van der Waals surface area contributed by atoms with Gasteiger partial charge in [-0.2, -0.15) is 18.2 Å². The van der Waals surface area contributed by atoms with Crippen molar-refractivity contribution in [1.82, 2.24) is 19.6 Å². The van der Waals surface area contributed by atoms with Crippen LogP contribution in [0.4, 0.5) is 18.9 Å². The number of fused-ring (bicyclic) bond motifs is 1. The Bertz CT molecular complexity index is 1130. The van der Waals surface area contributed by atoms with Crippen molar-refractivity contribution < 1.29 is 27.4 Å². The Kier molecular flexibility index (Phi) is 5.75. The summed E-state index contributed by atoms with van der Waals surface area (Å²) >= 11 is 6.18. The number of benzene rings is 1. The van der Waals surface area contributed by atoms with E-state index < -0.39 is 17.9 Å². The zero-order chi connectivity index (χ0) is 22.2. The van der Waals surface area contributed by atoms with Crippen molar-refractivity contribution in [1.29, 1.82) is 0 Å². The van der Waals surface area contributed by atoms with Crippen molar-refractivity contribution in [3.63, 3.8) is 0 Å². The number of amides is 1. The Hall–Kier alpha value is -3.08. The van der Waals surface area contributed by atoms with Gasteiger partial charge in [-0.1, -0.05) is 11.6 Å². The van der Waals surface area contributed by atoms with Crippen LogP contribution in [0.2, 0.25) is 5.02 Å². The van der Waals surface area contributed by atoms with Gasteiger partial charge >= 0.3 is 6.18 Å². The number of alkyl halides is 3. The number of carbonyl (C=O) groups excluding carboxylic acids is 1. The van der Waals surface area contributed by atoms with E-state index in [1.807, 2.05) is 0 Å². The monoisotopic (exact) mass is 443 g/mol. The number of halogens is 4. The maximum Gasteiger partial charge on any atom is 0.453 e. The molecule has 8 nitrogen and oxygen atoms in total. The van der Waals surface area contributed by atoms with Gasteiger partial charge in [-0.15, -0.1) is 5.10 Å². The van der Waals surface area contributed by atoms with Crippen molar-refractivity contribution >= 4 is 29.0 Å². The molecule has 1 amide bonds. The molecule has 0 fully saturated rings. The van der Waals surface area contributed by atoms with Gasteiger partial charge in [0.2, 0.25) is 5.91 Å². The second-order valence-electron chi connectivity index (χ2n) is 6.32. The minimum Gasteiger partial charge on any atom is -0.493 e. The van der Waals surface area contributed by atoms with Crippen molar-refractivity contribution in [3.05, 3.63) is 39.9 Å². The number of aromatic nitrogens is 4. The SMILES string of the molecule is COc1cc(Cl)c(NC(=O)Cc2c(C)nc3nc(C(F)(F)F)nn3c2C)cc1OC. The largest absolute Gasteiger partial charge is 0.493 e. The van der Waals surface area contributed by atoms with Gasteiger partial charge < -0.3 is 14.8 Å². The average Bonchev–Trinajstić information content (AvgIpc) is 3.11. The highest BCUT2D eigenvalue weighted by Crippen LogP contribution is 2.36. The van der Waals surface area contributed by atoms with Crippen LogP contribution < -0.4 is 14.8 Å². The standard InChI is InChI=1S/C18H17ClF3N5O3/c1-8-10(9(2)27-17(23-8)25-16(26-27)18(20,21)22)5-15(28)24-12-7-14(30-4)13(29-3)6-11(12)19/h6-7H,5H2,1-4H3,(H,24,28). The van der Waals surface area contributed by atoms with Crippen LogP contribution in [-0.4, -0.2) is 39.7 Å². The van der Waals surface area contributed by atoms with Crippen LogP contribution in [0.3, 0.4) is 0 Å². The van der Waals surface area contributed by atoms with E-state index in [4.69, 9.17) is 21.1 Å². The number of nitrogens with one attached hydrogen (secondary N) is 1. The van der Waals surface area contributed by atoms with Crippen LogP contribution in [0, 0.1) is 13.8 Å². The average molecular weight is 444 g/mol. The summed E-state index contributed by atoms with van der Waals surface area (Å²) in [6.07, 6.45) is -4.86. The molecule has 3 rings (SSSR count). The van der Waals surface area contributed by atoms with E-state index in [9.17, 15) is 18.0 Å². The van der Waals surface area contributed by atoms with E-state index in [-0.39, 0.29) is 17.2 Å². The molecule has 0 radical (unpaired) electrons. The molecular weight excluding hydrogens is 427 g/mol. The first-order valence-electron chi connectivity index (χ1n) is 8.56. The number of carbonyl (C=O) groups is 1. The van der Waals surface area contributed by atoms with Gasteiger partial charge in [0.25, 0.3) is 11.6 Å². The van der Waals surface area contributed by atoms with Gasteiger partial charge in [0.05, 0.1) is 31.4 Å². The molecule has 0 bridgehead atoms. The fourth-order valence-electron chi connectivity index (χ4n) is 2.89. The Morgan fingerprint density at radius 3 is 2.40 bits per heavy atom. The molecule has 160 valence electrons. The minimum atomic E-state index is -4.70. The number of hydrogen-bond acceptors (Lipinski definition) is 6. The summed E-state index contributed by atoms with van der Waals surface area (Å²) in [6, 6.07) is 3.00. The Labute approximate surface area is 174 Å². The number of methoxy groups -OCH3 is 2. The van der Waals surface area contributed by atoms with Crippen LogP contribution in [0.1, 0.15) is 22.8 Å². The lowest BCUT2D eigenvalue weighted by Gasteiger charge is -2.14. The van der Waals surface area contributed by atoms with Crippen LogP contribution in [0.15, 0.2) is 12.1 Å². The molecule has 0 unspecified atom stereocenters. The molecule has 0 aliphatic rings. The molecule has 0 saturated heterocycles. The quantitative estimate of drug-likeness (QED) is 0.647. The third kappa shape index (κ3) is 4.11. The summed E-state index contributed by atoms with van der Waals surface area (Å²) in [5, 5.41) is 6.36. The van der Waals surface area contributed by atoms with Crippen molar-refractivity contribution in [3.8, 4) is 11.5 Å². The smallest absolute Gasteiger partial charge is 0.453 e. The predicted molar refractivity (Wildman–Crippen MR) is 102 cm³/mol. The molecule has 12 heteroatoms. The van der Waals surface area contributed by atoms with Crippen LogP contribution >= 0.6 is 11.6 Å². The number of hydrogen-bond donors (Lipinski definition) is 1. The Morgan fingerprint density at radius 2 is 1.80 bits per heavy atom. The number of rotatable bonds is 5. The molecule has 1 aromatic carbocycles. The van der Waals surface area contributed by atoms with E-state index in [1.54, 1.807) is 13.8 Å². The molecule has 0 aliphatic carbocycles. The third-order valence-corrected chi connectivity index (χ3v) is 4.70. The third-order valence-electron chi connectivity index (χ3n) is 4.39. The summed E-state index contributed by atoms with van der Waals surface area (Å²) in [6.45, 7) is 3.13. The van der Waals surface area contributed by atoms with Gasteiger partial charge in [-0.05, 0) is 13.8 Å². The minimum absolute atomic E-state index is 0.160. The zero-order valence-electron chi connectivity index (χ0n) is 16.4. The molecule has 0 spiro atoms. The van der Waals surface area contributed by atoms with E-state index in [2.05, 4.69) is 20.4 Å². The summed E-state index contributed by atoms with van der Waals surface area (Å²) in [7, 11) is 2.90. The molecular formula is C18H17ClF3N5O3. The second-order valence-corrected chi connectivity index (χ2v) is 6.73. The summed E-state index contributed by atoms with van der Waals surface area (Å²) in [5.41, 5.74) is 1.42. The zero-order valence-corrected chi connectivity index (χ0v) is 17.1. The molecule has 0 saturated carbocycles. The summed E-state index contributed by atoms with van der Waals surface area (Å²) < 4.78 is 50.0. The Balaban J connectivity index is 1.90. The first-order chi connectivity index (χ1) is 14.0. The second kappa shape index (κ2) is 7.98.